The van der Waals surface area contributed by atoms with E-state index >= 15 is 0 Å². The SMILES string of the molecule is CCC(CC)(CO)CNC(=O)C1CCNc2ccccc21. The Morgan fingerprint density at radius 2 is 2.10 bits per heavy atom. The summed E-state index contributed by atoms with van der Waals surface area (Å²) in [5.74, 6) is -0.0174. The van der Waals surface area contributed by atoms with Gasteiger partial charge in [0.25, 0.3) is 0 Å². The summed E-state index contributed by atoms with van der Waals surface area (Å²) in [7, 11) is 0. The van der Waals surface area contributed by atoms with Crippen molar-refractivity contribution >= 4 is 11.6 Å². The number of benzene rings is 1. The predicted molar refractivity (Wildman–Crippen MR) is 85.4 cm³/mol. The first-order chi connectivity index (χ1) is 10.2. The highest BCUT2D eigenvalue weighted by Gasteiger charge is 2.30. The van der Waals surface area contributed by atoms with Crippen molar-refractivity contribution in [1.82, 2.24) is 5.32 Å². The van der Waals surface area contributed by atoms with Crippen molar-refractivity contribution in [2.24, 2.45) is 5.41 Å². The van der Waals surface area contributed by atoms with Gasteiger partial charge in [0.05, 0.1) is 12.5 Å². The first kappa shape index (κ1) is 15.8. The van der Waals surface area contributed by atoms with Crippen molar-refractivity contribution in [2.75, 3.05) is 25.0 Å². The Morgan fingerprint density at radius 1 is 1.38 bits per heavy atom. The molecule has 4 nitrogen and oxygen atoms in total. The largest absolute Gasteiger partial charge is 0.396 e. The van der Waals surface area contributed by atoms with Crippen molar-refractivity contribution in [1.29, 1.82) is 0 Å². The second-order valence-electron chi connectivity index (χ2n) is 5.94. The summed E-state index contributed by atoms with van der Waals surface area (Å²) in [5.41, 5.74) is 1.94. The lowest BCUT2D eigenvalue weighted by Gasteiger charge is -2.31. The van der Waals surface area contributed by atoms with Gasteiger partial charge in [-0.05, 0) is 30.9 Å². The summed E-state index contributed by atoms with van der Waals surface area (Å²) >= 11 is 0. The predicted octanol–water partition coefficient (Wildman–Crippen LogP) is 2.50. The zero-order valence-electron chi connectivity index (χ0n) is 13.0. The van der Waals surface area contributed by atoms with Crippen LogP contribution in [-0.4, -0.2) is 30.7 Å². The van der Waals surface area contributed by atoms with E-state index < -0.39 is 0 Å². The van der Waals surface area contributed by atoms with Gasteiger partial charge < -0.3 is 15.7 Å². The fourth-order valence-corrected chi connectivity index (χ4v) is 2.92. The summed E-state index contributed by atoms with van der Waals surface area (Å²) in [4.78, 5) is 12.5. The number of carbonyl (C=O) groups excluding carboxylic acids is 1. The summed E-state index contributed by atoms with van der Waals surface area (Å²) in [6, 6.07) is 7.99. The number of para-hydroxylation sites is 1. The first-order valence-corrected chi connectivity index (χ1v) is 7.87. The van der Waals surface area contributed by atoms with Gasteiger partial charge in [0, 0.05) is 24.2 Å². The molecule has 0 fully saturated rings. The summed E-state index contributed by atoms with van der Waals surface area (Å²) in [5, 5.41) is 16.0. The normalized spacial score (nSPS) is 17.8. The van der Waals surface area contributed by atoms with E-state index in [9.17, 15) is 9.90 Å². The summed E-state index contributed by atoms with van der Waals surface area (Å²) < 4.78 is 0. The number of hydrogen-bond acceptors (Lipinski definition) is 3. The van der Waals surface area contributed by atoms with E-state index in [1.54, 1.807) is 0 Å². The van der Waals surface area contributed by atoms with E-state index in [0.29, 0.717) is 6.54 Å². The third-order valence-electron chi connectivity index (χ3n) is 4.87. The second kappa shape index (κ2) is 6.94. The average molecular weight is 290 g/mol. The molecule has 21 heavy (non-hydrogen) atoms. The molecule has 0 aliphatic carbocycles. The molecule has 0 bridgehead atoms. The Labute approximate surface area is 126 Å². The van der Waals surface area contributed by atoms with Crippen LogP contribution in [-0.2, 0) is 4.79 Å². The number of amides is 1. The van der Waals surface area contributed by atoms with E-state index in [1.165, 1.54) is 0 Å². The molecule has 0 saturated carbocycles. The lowest BCUT2D eigenvalue weighted by molar-refractivity contribution is -0.123. The maximum atomic E-state index is 12.5. The van der Waals surface area contributed by atoms with Crippen molar-refractivity contribution in [3.05, 3.63) is 29.8 Å². The van der Waals surface area contributed by atoms with E-state index in [0.717, 1.165) is 37.1 Å². The van der Waals surface area contributed by atoms with Gasteiger partial charge in [-0.15, -0.1) is 0 Å². The highest BCUT2D eigenvalue weighted by molar-refractivity contribution is 5.86. The Hall–Kier alpha value is -1.55. The molecule has 1 heterocycles. The smallest absolute Gasteiger partial charge is 0.227 e. The molecular formula is C17H26N2O2. The maximum Gasteiger partial charge on any atom is 0.227 e. The number of fused-ring (bicyclic) bond motifs is 1. The Kier molecular flexibility index (Phi) is 5.23. The molecule has 0 saturated heterocycles. The highest BCUT2D eigenvalue weighted by atomic mass is 16.3. The van der Waals surface area contributed by atoms with Crippen molar-refractivity contribution in [3.8, 4) is 0 Å². The van der Waals surface area contributed by atoms with Crippen molar-refractivity contribution in [3.63, 3.8) is 0 Å². The molecule has 1 aliphatic rings. The van der Waals surface area contributed by atoms with Crippen LogP contribution in [0.4, 0.5) is 5.69 Å². The molecule has 1 unspecified atom stereocenters. The molecule has 2 rings (SSSR count). The van der Waals surface area contributed by atoms with Crippen LogP contribution in [0.25, 0.3) is 0 Å². The minimum absolute atomic E-state index is 0.0728. The van der Waals surface area contributed by atoms with E-state index in [-0.39, 0.29) is 23.8 Å². The van der Waals surface area contributed by atoms with Crippen LogP contribution in [0.1, 0.15) is 44.6 Å². The number of carbonyl (C=O) groups is 1. The molecule has 1 amide bonds. The van der Waals surface area contributed by atoms with Crippen LogP contribution in [0.15, 0.2) is 24.3 Å². The zero-order valence-corrected chi connectivity index (χ0v) is 13.0. The molecule has 1 aromatic rings. The van der Waals surface area contributed by atoms with Gasteiger partial charge in [-0.25, -0.2) is 0 Å². The van der Waals surface area contributed by atoms with E-state index in [4.69, 9.17) is 0 Å². The molecule has 0 spiro atoms. The van der Waals surface area contributed by atoms with E-state index in [2.05, 4.69) is 24.5 Å². The van der Waals surface area contributed by atoms with Gasteiger partial charge in [-0.2, -0.15) is 0 Å². The number of hydrogen-bond donors (Lipinski definition) is 3. The second-order valence-corrected chi connectivity index (χ2v) is 5.94. The van der Waals surface area contributed by atoms with Gasteiger partial charge in [-0.3, -0.25) is 4.79 Å². The monoisotopic (exact) mass is 290 g/mol. The molecule has 1 aliphatic heterocycles. The van der Waals surface area contributed by atoms with Gasteiger partial charge in [0.1, 0.15) is 0 Å². The lowest BCUT2D eigenvalue weighted by Crippen LogP contribution is -2.42. The molecule has 1 aromatic carbocycles. The fraction of sp³-hybridized carbons (Fsp3) is 0.588. The van der Waals surface area contributed by atoms with Crippen LogP contribution in [0, 0.1) is 5.41 Å². The van der Waals surface area contributed by atoms with Crippen LogP contribution < -0.4 is 10.6 Å². The number of aliphatic hydroxyl groups excluding tert-OH is 1. The molecular weight excluding hydrogens is 264 g/mol. The fourth-order valence-electron chi connectivity index (χ4n) is 2.92. The first-order valence-electron chi connectivity index (χ1n) is 7.87. The molecule has 0 aromatic heterocycles. The number of rotatable bonds is 6. The number of anilines is 1. The van der Waals surface area contributed by atoms with Crippen molar-refractivity contribution in [2.45, 2.75) is 39.0 Å². The van der Waals surface area contributed by atoms with Crippen LogP contribution in [0.3, 0.4) is 0 Å². The average Bonchev–Trinajstić information content (AvgIpc) is 2.56. The van der Waals surface area contributed by atoms with E-state index in [1.807, 2.05) is 24.3 Å². The van der Waals surface area contributed by atoms with Crippen LogP contribution >= 0.6 is 0 Å². The minimum Gasteiger partial charge on any atom is -0.396 e. The molecule has 0 radical (unpaired) electrons. The van der Waals surface area contributed by atoms with Crippen LogP contribution in [0.2, 0.25) is 0 Å². The third kappa shape index (κ3) is 3.38. The molecule has 116 valence electrons. The maximum absolute atomic E-state index is 12.5. The molecule has 3 N–H and O–H groups in total. The van der Waals surface area contributed by atoms with Crippen molar-refractivity contribution < 1.29 is 9.90 Å². The minimum atomic E-state index is -0.192. The summed E-state index contributed by atoms with van der Waals surface area (Å²) in [6.07, 6.45) is 2.54. The number of aliphatic hydroxyl groups is 1. The Morgan fingerprint density at radius 3 is 2.76 bits per heavy atom. The molecule has 4 heteroatoms. The summed E-state index contributed by atoms with van der Waals surface area (Å²) in [6.45, 7) is 5.60. The quantitative estimate of drug-likeness (QED) is 0.754. The zero-order chi connectivity index (χ0) is 15.3. The number of nitrogens with one attached hydrogen (secondary N) is 2. The highest BCUT2D eigenvalue weighted by Crippen LogP contribution is 2.32. The standard InChI is InChI=1S/C17H26N2O2/c1-3-17(4-2,12-20)11-19-16(21)14-9-10-18-15-8-6-5-7-13(14)15/h5-8,14,18,20H,3-4,9-12H2,1-2H3,(H,19,21). The van der Waals surface area contributed by atoms with Crippen LogP contribution in [0.5, 0.6) is 0 Å². The topological polar surface area (TPSA) is 61.4 Å². The van der Waals surface area contributed by atoms with Gasteiger partial charge in [-0.1, -0.05) is 32.0 Å². The Balaban J connectivity index is 2.05. The van der Waals surface area contributed by atoms with Gasteiger partial charge in [0.15, 0.2) is 0 Å². The lowest BCUT2D eigenvalue weighted by atomic mass is 9.82. The molecule has 1 atom stereocenters. The van der Waals surface area contributed by atoms with Gasteiger partial charge in [0.2, 0.25) is 5.91 Å². The third-order valence-corrected chi connectivity index (χ3v) is 4.87. The van der Waals surface area contributed by atoms with Gasteiger partial charge >= 0.3 is 0 Å². The Bertz CT molecular complexity index is 475.